The largest absolute Gasteiger partial charge is 1.00 e. The summed E-state index contributed by atoms with van der Waals surface area (Å²) in [5.74, 6) is 1.65. The number of benzene rings is 1. The van der Waals surface area contributed by atoms with Crippen molar-refractivity contribution in [1.29, 1.82) is 0 Å². The van der Waals surface area contributed by atoms with Crippen molar-refractivity contribution >= 4 is 11.6 Å². The van der Waals surface area contributed by atoms with E-state index < -0.39 is 0 Å². The van der Waals surface area contributed by atoms with E-state index in [0.717, 1.165) is 17.1 Å². The van der Waals surface area contributed by atoms with Gasteiger partial charge in [0.15, 0.2) is 0 Å². The first kappa shape index (κ1) is 17.1. The number of nitrogens with one attached hydrogen (secondary N) is 1. The van der Waals surface area contributed by atoms with Gasteiger partial charge in [0.1, 0.15) is 11.5 Å². The topological polar surface area (TPSA) is 45.4 Å². The van der Waals surface area contributed by atoms with E-state index in [4.69, 9.17) is 16.0 Å². The number of hydrogen-bond acceptors (Lipinski definition) is 3. The van der Waals surface area contributed by atoms with Gasteiger partial charge >= 0.3 is 0 Å². The number of furan rings is 1. The Morgan fingerprint density at radius 3 is 2.40 bits per heavy atom. The molecule has 0 aliphatic rings. The van der Waals surface area contributed by atoms with E-state index in [1.54, 1.807) is 0 Å². The van der Waals surface area contributed by atoms with Gasteiger partial charge < -0.3 is 27.2 Å². The third-order valence-corrected chi connectivity index (χ3v) is 3.18. The van der Waals surface area contributed by atoms with Crippen molar-refractivity contribution < 1.29 is 21.9 Å². The Morgan fingerprint density at radius 2 is 1.80 bits per heavy atom. The predicted octanol–water partition coefficient (Wildman–Crippen LogP) is 0.464. The van der Waals surface area contributed by atoms with Crippen molar-refractivity contribution in [1.82, 2.24) is 5.32 Å². The van der Waals surface area contributed by atoms with E-state index >= 15 is 0 Å². The van der Waals surface area contributed by atoms with E-state index in [1.807, 2.05) is 50.2 Å². The molecule has 0 fully saturated rings. The lowest BCUT2D eigenvalue weighted by molar-refractivity contribution is -0.00000536. The van der Waals surface area contributed by atoms with Gasteiger partial charge in [0.05, 0.1) is 13.2 Å². The molecule has 2 N–H and O–H groups in total. The first-order valence-electron chi connectivity index (χ1n) is 6.21. The van der Waals surface area contributed by atoms with Crippen LogP contribution >= 0.6 is 11.6 Å². The molecule has 2 rings (SSSR count). The molecule has 1 aromatic heterocycles. The zero-order valence-electron chi connectivity index (χ0n) is 11.5. The highest BCUT2D eigenvalue weighted by Crippen LogP contribution is 2.23. The highest BCUT2D eigenvalue weighted by molar-refractivity contribution is 6.30. The Labute approximate surface area is 130 Å². The maximum Gasteiger partial charge on any atom is 0.134 e. The Balaban J connectivity index is 0.00000200. The number of aliphatic hydroxyl groups is 1. The predicted molar refractivity (Wildman–Crippen MR) is 77.2 cm³/mol. The van der Waals surface area contributed by atoms with Gasteiger partial charge in [0, 0.05) is 16.1 Å². The summed E-state index contributed by atoms with van der Waals surface area (Å²) < 4.78 is 5.76. The lowest BCUT2D eigenvalue weighted by atomic mass is 10.1. The average Bonchev–Trinajstić information content (AvgIpc) is 2.86. The monoisotopic (exact) mass is 314 g/mol. The van der Waals surface area contributed by atoms with Crippen LogP contribution in [-0.2, 0) is 6.54 Å². The summed E-state index contributed by atoms with van der Waals surface area (Å²) in [5, 5.41) is 13.1. The molecule has 0 aliphatic carbocycles. The highest BCUT2D eigenvalue weighted by Gasteiger charge is 2.16. The lowest BCUT2D eigenvalue weighted by Gasteiger charge is -2.22. The molecule has 0 atom stereocenters. The maximum absolute atomic E-state index is 9.18. The maximum atomic E-state index is 9.18. The van der Waals surface area contributed by atoms with Gasteiger partial charge in [0.2, 0.25) is 0 Å². The van der Waals surface area contributed by atoms with E-state index in [0.29, 0.717) is 11.6 Å². The Morgan fingerprint density at radius 1 is 1.15 bits per heavy atom. The fourth-order valence-corrected chi connectivity index (χ4v) is 1.75. The zero-order chi connectivity index (χ0) is 13.9. The molecular weight excluding hydrogens is 297 g/mol. The van der Waals surface area contributed by atoms with Gasteiger partial charge in [-0.3, -0.25) is 0 Å². The molecule has 0 aliphatic heterocycles. The van der Waals surface area contributed by atoms with Crippen LogP contribution < -0.4 is 17.7 Å². The molecule has 2 aromatic rings. The van der Waals surface area contributed by atoms with Crippen molar-refractivity contribution in [3.05, 3.63) is 47.2 Å². The quantitative estimate of drug-likeness (QED) is 0.843. The second-order valence-corrected chi connectivity index (χ2v) is 5.60. The molecule has 5 heteroatoms. The molecule has 0 radical (unpaired) electrons. The van der Waals surface area contributed by atoms with Crippen LogP contribution in [0.2, 0.25) is 5.02 Å². The molecular formula is C15H18Cl2NO2-. The summed E-state index contributed by atoms with van der Waals surface area (Å²) in [6.45, 7) is 4.55. The van der Waals surface area contributed by atoms with Crippen LogP contribution in [-0.4, -0.2) is 17.3 Å². The third kappa shape index (κ3) is 4.53. The third-order valence-electron chi connectivity index (χ3n) is 2.93. The van der Waals surface area contributed by atoms with Crippen molar-refractivity contribution in [2.75, 3.05) is 6.61 Å². The highest BCUT2D eigenvalue weighted by atomic mass is 35.5. The summed E-state index contributed by atoms with van der Waals surface area (Å²) >= 11 is 5.86. The number of rotatable bonds is 5. The summed E-state index contributed by atoms with van der Waals surface area (Å²) in [6, 6.07) is 11.4. The van der Waals surface area contributed by atoms with Gasteiger partial charge in [-0.2, -0.15) is 0 Å². The van der Waals surface area contributed by atoms with Crippen LogP contribution in [0.1, 0.15) is 19.6 Å². The molecule has 3 nitrogen and oxygen atoms in total. The zero-order valence-corrected chi connectivity index (χ0v) is 13.0. The van der Waals surface area contributed by atoms with Crippen molar-refractivity contribution in [2.45, 2.75) is 25.9 Å². The van der Waals surface area contributed by atoms with Crippen LogP contribution in [0.5, 0.6) is 0 Å². The molecule has 0 spiro atoms. The molecule has 1 aromatic carbocycles. The standard InChI is InChI=1S/C15H18ClNO2.ClH/c1-15(2,10-18)17-9-13-7-8-14(19-13)11-3-5-12(16)6-4-11;/h3-8,17-18H,9-10H2,1-2H3;1H/p-1. The molecule has 0 unspecified atom stereocenters. The first-order chi connectivity index (χ1) is 9.00. The molecule has 1 heterocycles. The van der Waals surface area contributed by atoms with Crippen LogP contribution in [0.25, 0.3) is 11.3 Å². The minimum absolute atomic E-state index is 0. The van der Waals surface area contributed by atoms with Crippen molar-refractivity contribution in [2.24, 2.45) is 0 Å². The summed E-state index contributed by atoms with van der Waals surface area (Å²) in [6.07, 6.45) is 0. The van der Waals surface area contributed by atoms with Crippen LogP contribution in [0.4, 0.5) is 0 Å². The first-order valence-corrected chi connectivity index (χ1v) is 6.58. The molecule has 0 amide bonds. The number of hydrogen-bond donors (Lipinski definition) is 2. The second kappa shape index (κ2) is 7.14. The minimum atomic E-state index is -0.312. The average molecular weight is 315 g/mol. The van der Waals surface area contributed by atoms with Gasteiger partial charge in [-0.25, -0.2) is 0 Å². The number of halogens is 2. The fourth-order valence-electron chi connectivity index (χ4n) is 1.62. The van der Waals surface area contributed by atoms with Crippen LogP contribution in [0.15, 0.2) is 40.8 Å². The normalized spacial score (nSPS) is 11.2. The SMILES string of the molecule is CC(C)(CO)NCc1ccc(-c2ccc(Cl)cc2)o1.[Cl-]. The molecule has 20 heavy (non-hydrogen) atoms. The van der Waals surface area contributed by atoms with Crippen LogP contribution in [0.3, 0.4) is 0 Å². The minimum Gasteiger partial charge on any atom is -1.00 e. The van der Waals surface area contributed by atoms with Gasteiger partial charge in [0.25, 0.3) is 0 Å². The summed E-state index contributed by atoms with van der Waals surface area (Å²) in [4.78, 5) is 0. The van der Waals surface area contributed by atoms with Crippen LogP contribution in [0, 0.1) is 0 Å². The Kier molecular flexibility index (Phi) is 6.08. The van der Waals surface area contributed by atoms with E-state index in [1.165, 1.54) is 0 Å². The second-order valence-electron chi connectivity index (χ2n) is 5.17. The number of aliphatic hydroxyl groups excluding tert-OH is 1. The van der Waals surface area contributed by atoms with Gasteiger partial charge in [-0.1, -0.05) is 11.6 Å². The molecule has 0 saturated heterocycles. The van der Waals surface area contributed by atoms with Crippen molar-refractivity contribution in [3.8, 4) is 11.3 Å². The summed E-state index contributed by atoms with van der Waals surface area (Å²) in [7, 11) is 0. The Hall–Kier alpha value is -1.00. The van der Waals surface area contributed by atoms with E-state index in [-0.39, 0.29) is 24.6 Å². The van der Waals surface area contributed by atoms with Gasteiger partial charge in [-0.05, 0) is 50.2 Å². The smallest absolute Gasteiger partial charge is 0.134 e. The lowest BCUT2D eigenvalue weighted by Crippen LogP contribution is -3.00. The molecule has 110 valence electrons. The fraction of sp³-hybridized carbons (Fsp3) is 0.333. The molecule has 0 bridgehead atoms. The van der Waals surface area contributed by atoms with Gasteiger partial charge in [-0.15, -0.1) is 0 Å². The van der Waals surface area contributed by atoms with Crippen molar-refractivity contribution in [3.63, 3.8) is 0 Å². The van der Waals surface area contributed by atoms with E-state index in [9.17, 15) is 5.11 Å². The molecule has 0 saturated carbocycles. The summed E-state index contributed by atoms with van der Waals surface area (Å²) in [5.41, 5.74) is 0.685. The van der Waals surface area contributed by atoms with E-state index in [2.05, 4.69) is 5.32 Å². The Bertz CT molecular complexity index is 535.